The predicted octanol–water partition coefficient (Wildman–Crippen LogP) is 5.05. The Labute approximate surface area is 238 Å². The van der Waals surface area contributed by atoms with E-state index >= 15 is 0 Å². The molecule has 2 aliphatic rings. The minimum Gasteiger partial charge on any atom is -0.354 e. The number of hydrogen-bond donors (Lipinski definition) is 3. The number of anilines is 3. The topological polar surface area (TPSA) is 121 Å². The van der Waals surface area contributed by atoms with E-state index < -0.39 is 10.0 Å². The number of amides is 2. The van der Waals surface area contributed by atoms with Crippen molar-refractivity contribution in [3.05, 3.63) is 114 Å². The first-order valence-corrected chi connectivity index (χ1v) is 14.7. The fourth-order valence-electron chi connectivity index (χ4n) is 5.03. The van der Waals surface area contributed by atoms with Gasteiger partial charge in [0.2, 0.25) is 0 Å². The Kier molecular flexibility index (Phi) is 6.98. The highest BCUT2D eigenvalue weighted by atomic mass is 32.2. The number of carbonyl (C=O) groups excluding carboxylic acids is 2. The predicted molar refractivity (Wildman–Crippen MR) is 159 cm³/mol. The number of rotatable bonds is 7. The second-order valence-electron chi connectivity index (χ2n) is 9.83. The first-order valence-electron chi connectivity index (χ1n) is 13.2. The van der Waals surface area contributed by atoms with Crippen molar-refractivity contribution in [3.8, 4) is 0 Å². The minimum atomic E-state index is -3.88. The molecular weight excluding hydrogens is 538 g/mol. The molecule has 10 heteroatoms. The van der Waals surface area contributed by atoms with Gasteiger partial charge >= 0.3 is 0 Å². The maximum atomic E-state index is 13.3. The smallest absolute Gasteiger partial charge is 0.263 e. The van der Waals surface area contributed by atoms with Crippen LogP contribution in [-0.2, 0) is 14.8 Å². The molecule has 2 amide bonds. The zero-order valence-corrected chi connectivity index (χ0v) is 22.8. The van der Waals surface area contributed by atoms with Crippen LogP contribution in [0.4, 0.5) is 17.1 Å². The lowest BCUT2D eigenvalue weighted by Crippen LogP contribution is -2.27. The van der Waals surface area contributed by atoms with Gasteiger partial charge in [-0.05, 0) is 73.0 Å². The SMILES string of the molecule is O=C1Nc2ccc(NS(=O)(=O)c3cccnc3)cc2/C1=C(/Nc1ccc(C(=O)N2CCCC2)cc1)c1ccccc1. The van der Waals surface area contributed by atoms with E-state index in [0.717, 1.165) is 31.5 Å². The quantitative estimate of drug-likeness (QED) is 0.270. The molecule has 3 aromatic carbocycles. The molecule has 9 nitrogen and oxygen atoms in total. The summed E-state index contributed by atoms with van der Waals surface area (Å²) in [6.45, 7) is 1.55. The third-order valence-corrected chi connectivity index (χ3v) is 8.43. The molecular formula is C31H27N5O4S. The monoisotopic (exact) mass is 565 g/mol. The first-order chi connectivity index (χ1) is 19.9. The maximum Gasteiger partial charge on any atom is 0.263 e. The van der Waals surface area contributed by atoms with E-state index in [-0.39, 0.29) is 16.7 Å². The van der Waals surface area contributed by atoms with Gasteiger partial charge in [0, 0.05) is 53.7 Å². The lowest BCUT2D eigenvalue weighted by Gasteiger charge is -2.17. The Morgan fingerprint density at radius 3 is 2.29 bits per heavy atom. The van der Waals surface area contributed by atoms with Crippen LogP contribution in [0, 0.1) is 0 Å². The van der Waals surface area contributed by atoms with Gasteiger partial charge in [-0.3, -0.25) is 19.3 Å². The number of aromatic nitrogens is 1. The van der Waals surface area contributed by atoms with Gasteiger partial charge in [0.1, 0.15) is 4.90 Å². The standard InChI is InChI=1S/C31H27N5O4S/c37-30-28(26-19-24(14-15-27(26)34-30)35-41(39,40)25-9-6-16-32-20-25)29(21-7-2-1-3-8-21)33-23-12-10-22(11-13-23)31(38)36-17-4-5-18-36/h1-3,6-16,19-20,33,35H,4-5,17-18H2,(H,34,37)/b29-28-. The number of benzene rings is 3. The Bertz CT molecular complexity index is 1750. The van der Waals surface area contributed by atoms with Crippen LogP contribution in [0.1, 0.15) is 34.3 Å². The molecule has 1 aromatic heterocycles. The van der Waals surface area contributed by atoms with Crippen LogP contribution >= 0.6 is 0 Å². The van der Waals surface area contributed by atoms with E-state index in [1.807, 2.05) is 47.4 Å². The van der Waals surface area contributed by atoms with E-state index in [1.165, 1.54) is 18.5 Å². The molecule has 6 rings (SSSR count). The normalized spacial score (nSPS) is 15.7. The van der Waals surface area contributed by atoms with Crippen molar-refractivity contribution in [2.24, 2.45) is 0 Å². The van der Waals surface area contributed by atoms with Crippen molar-refractivity contribution in [2.45, 2.75) is 17.7 Å². The van der Waals surface area contributed by atoms with E-state index in [1.54, 1.807) is 36.4 Å². The number of likely N-dealkylation sites (tertiary alicyclic amines) is 1. The summed E-state index contributed by atoms with van der Waals surface area (Å²) < 4.78 is 28.4. The van der Waals surface area contributed by atoms with E-state index in [4.69, 9.17) is 0 Å². The largest absolute Gasteiger partial charge is 0.354 e. The van der Waals surface area contributed by atoms with Crippen molar-refractivity contribution in [3.63, 3.8) is 0 Å². The van der Waals surface area contributed by atoms with Crippen LogP contribution in [0.3, 0.4) is 0 Å². The molecule has 41 heavy (non-hydrogen) atoms. The third-order valence-electron chi connectivity index (χ3n) is 7.07. The van der Waals surface area contributed by atoms with E-state index in [0.29, 0.717) is 39.5 Å². The van der Waals surface area contributed by atoms with Crippen molar-refractivity contribution >= 4 is 50.2 Å². The van der Waals surface area contributed by atoms with Gasteiger partial charge < -0.3 is 15.5 Å². The number of fused-ring (bicyclic) bond motifs is 1. The maximum absolute atomic E-state index is 13.3. The fraction of sp³-hybridized carbons (Fsp3) is 0.129. The average molecular weight is 566 g/mol. The van der Waals surface area contributed by atoms with Crippen LogP contribution in [0.5, 0.6) is 0 Å². The molecule has 1 saturated heterocycles. The molecule has 0 unspecified atom stereocenters. The van der Waals surface area contributed by atoms with Crippen molar-refractivity contribution in [2.75, 3.05) is 28.4 Å². The van der Waals surface area contributed by atoms with Crippen molar-refractivity contribution in [1.29, 1.82) is 0 Å². The van der Waals surface area contributed by atoms with Crippen LogP contribution in [-0.4, -0.2) is 43.2 Å². The average Bonchev–Trinajstić information content (AvgIpc) is 3.64. The summed E-state index contributed by atoms with van der Waals surface area (Å²) in [5.74, 6) is -0.305. The lowest BCUT2D eigenvalue weighted by atomic mass is 9.99. The molecule has 0 atom stereocenters. The number of nitrogens with one attached hydrogen (secondary N) is 3. The number of hydrogen-bond acceptors (Lipinski definition) is 6. The van der Waals surface area contributed by atoms with Gasteiger partial charge in [-0.2, -0.15) is 0 Å². The second-order valence-corrected chi connectivity index (χ2v) is 11.5. The molecule has 0 radical (unpaired) electrons. The molecule has 3 heterocycles. The first kappa shape index (κ1) is 26.3. The third kappa shape index (κ3) is 5.42. The Morgan fingerprint density at radius 1 is 0.854 bits per heavy atom. The van der Waals surface area contributed by atoms with E-state index in [2.05, 4.69) is 20.3 Å². The zero-order valence-electron chi connectivity index (χ0n) is 22.0. The van der Waals surface area contributed by atoms with Gasteiger partial charge in [-0.1, -0.05) is 30.3 Å². The van der Waals surface area contributed by atoms with Gasteiger partial charge in [0.05, 0.1) is 11.3 Å². The molecule has 0 saturated carbocycles. The zero-order chi connectivity index (χ0) is 28.4. The molecule has 0 bridgehead atoms. The van der Waals surface area contributed by atoms with Crippen LogP contribution in [0.25, 0.3) is 11.3 Å². The number of nitrogens with zero attached hydrogens (tertiary/aromatic N) is 2. The van der Waals surface area contributed by atoms with Gasteiger partial charge in [-0.15, -0.1) is 0 Å². The lowest BCUT2D eigenvalue weighted by molar-refractivity contribution is -0.110. The highest BCUT2D eigenvalue weighted by Gasteiger charge is 2.29. The summed E-state index contributed by atoms with van der Waals surface area (Å²) in [6, 6.07) is 24.5. The summed E-state index contributed by atoms with van der Waals surface area (Å²) in [5, 5.41) is 6.27. The molecule has 0 aliphatic carbocycles. The summed E-state index contributed by atoms with van der Waals surface area (Å²) >= 11 is 0. The molecule has 3 N–H and O–H groups in total. The minimum absolute atomic E-state index is 0.0149. The summed E-state index contributed by atoms with van der Waals surface area (Å²) in [4.78, 5) is 31.9. The summed E-state index contributed by atoms with van der Waals surface area (Å²) in [7, 11) is -3.88. The van der Waals surface area contributed by atoms with Gasteiger partial charge in [0.15, 0.2) is 0 Å². The highest BCUT2D eigenvalue weighted by molar-refractivity contribution is 7.92. The Morgan fingerprint density at radius 2 is 1.59 bits per heavy atom. The van der Waals surface area contributed by atoms with Gasteiger partial charge in [-0.25, -0.2) is 8.42 Å². The Balaban J connectivity index is 1.36. The van der Waals surface area contributed by atoms with Crippen molar-refractivity contribution < 1.29 is 18.0 Å². The molecule has 0 spiro atoms. The van der Waals surface area contributed by atoms with E-state index in [9.17, 15) is 18.0 Å². The highest BCUT2D eigenvalue weighted by Crippen LogP contribution is 2.39. The van der Waals surface area contributed by atoms with Crippen LogP contribution < -0.4 is 15.4 Å². The summed E-state index contributed by atoms with van der Waals surface area (Å²) in [5.41, 5.74) is 4.41. The molecule has 206 valence electrons. The van der Waals surface area contributed by atoms with Crippen LogP contribution in [0.2, 0.25) is 0 Å². The molecule has 4 aromatic rings. The second kappa shape index (κ2) is 10.9. The van der Waals surface area contributed by atoms with Crippen LogP contribution in [0.15, 0.2) is 102 Å². The fourth-order valence-corrected chi connectivity index (χ4v) is 6.04. The Hall–Kier alpha value is -4.96. The molecule has 2 aliphatic heterocycles. The summed E-state index contributed by atoms with van der Waals surface area (Å²) in [6.07, 6.45) is 4.82. The van der Waals surface area contributed by atoms with Gasteiger partial charge in [0.25, 0.3) is 21.8 Å². The number of carbonyl (C=O) groups is 2. The number of pyridine rings is 1. The molecule has 1 fully saturated rings. The van der Waals surface area contributed by atoms with Crippen molar-refractivity contribution in [1.82, 2.24) is 9.88 Å². The number of sulfonamides is 1.